The summed E-state index contributed by atoms with van der Waals surface area (Å²) < 4.78 is 1.90. The molecule has 0 radical (unpaired) electrons. The van der Waals surface area contributed by atoms with Crippen LogP contribution >= 0.6 is 0 Å². The number of nitrogens with two attached hydrogens (primary N) is 1. The summed E-state index contributed by atoms with van der Waals surface area (Å²) in [5.41, 5.74) is 9.57. The molecule has 2 aromatic rings. The summed E-state index contributed by atoms with van der Waals surface area (Å²) in [7, 11) is 0. The van der Waals surface area contributed by atoms with E-state index in [-0.39, 0.29) is 0 Å². The molecule has 20 heavy (non-hydrogen) atoms. The zero-order chi connectivity index (χ0) is 13.9. The fourth-order valence-electron chi connectivity index (χ4n) is 2.75. The lowest BCUT2D eigenvalue weighted by molar-refractivity contribution is 0.234. The van der Waals surface area contributed by atoms with Gasteiger partial charge in [-0.05, 0) is 40.5 Å². The van der Waals surface area contributed by atoms with E-state index in [1.165, 1.54) is 11.1 Å². The molecule has 0 unspecified atom stereocenters. The standard InChI is InChI=1S/C14H20N6/c1-2-7-20-14(16-17-18-20)10-19-8-6-12-11(9-19)4-3-5-13(12)15/h3-5H,2,6-10,15H2,1H3. The molecule has 0 bridgehead atoms. The zero-order valence-electron chi connectivity index (χ0n) is 11.8. The molecule has 1 aliphatic heterocycles. The van der Waals surface area contributed by atoms with Gasteiger partial charge in [0.15, 0.2) is 5.82 Å². The molecule has 1 aromatic heterocycles. The third-order valence-electron chi connectivity index (χ3n) is 3.79. The SMILES string of the molecule is CCCn1nnnc1CN1CCc2c(N)cccc2C1. The van der Waals surface area contributed by atoms with Gasteiger partial charge in [0.2, 0.25) is 0 Å². The number of aromatic nitrogens is 4. The van der Waals surface area contributed by atoms with Crippen molar-refractivity contribution in [3.05, 3.63) is 35.2 Å². The summed E-state index contributed by atoms with van der Waals surface area (Å²) in [6, 6.07) is 6.17. The van der Waals surface area contributed by atoms with Crippen molar-refractivity contribution in [2.24, 2.45) is 0 Å². The number of rotatable bonds is 4. The Kier molecular flexibility index (Phi) is 3.64. The predicted molar refractivity (Wildman–Crippen MR) is 76.8 cm³/mol. The second-order valence-corrected chi connectivity index (χ2v) is 5.26. The minimum Gasteiger partial charge on any atom is -0.398 e. The largest absolute Gasteiger partial charge is 0.398 e. The van der Waals surface area contributed by atoms with Crippen LogP contribution in [0.2, 0.25) is 0 Å². The Labute approximate surface area is 118 Å². The third kappa shape index (κ3) is 2.51. The lowest BCUT2D eigenvalue weighted by atomic mass is 9.98. The molecule has 2 heterocycles. The number of nitrogen functional groups attached to an aromatic ring is 1. The topological polar surface area (TPSA) is 72.9 Å². The molecule has 6 nitrogen and oxygen atoms in total. The molecule has 0 fully saturated rings. The first-order chi connectivity index (χ1) is 9.78. The Bertz CT molecular complexity index is 591. The number of benzene rings is 1. The molecule has 0 aliphatic carbocycles. The van der Waals surface area contributed by atoms with E-state index in [1.807, 2.05) is 16.8 Å². The second kappa shape index (κ2) is 5.58. The molecule has 3 rings (SSSR count). The van der Waals surface area contributed by atoms with E-state index in [1.54, 1.807) is 0 Å². The Hall–Kier alpha value is -1.95. The third-order valence-corrected chi connectivity index (χ3v) is 3.79. The monoisotopic (exact) mass is 272 g/mol. The van der Waals surface area contributed by atoms with Crippen molar-refractivity contribution in [3.63, 3.8) is 0 Å². The van der Waals surface area contributed by atoms with Crippen LogP contribution in [0.25, 0.3) is 0 Å². The van der Waals surface area contributed by atoms with Crippen LogP contribution < -0.4 is 5.73 Å². The highest BCUT2D eigenvalue weighted by Gasteiger charge is 2.19. The van der Waals surface area contributed by atoms with Gasteiger partial charge in [-0.1, -0.05) is 19.1 Å². The van der Waals surface area contributed by atoms with Crippen molar-refractivity contribution in [2.75, 3.05) is 12.3 Å². The van der Waals surface area contributed by atoms with Crippen LogP contribution in [0.1, 0.15) is 30.3 Å². The number of fused-ring (bicyclic) bond motifs is 1. The van der Waals surface area contributed by atoms with Crippen molar-refractivity contribution in [3.8, 4) is 0 Å². The normalized spacial score (nSPS) is 15.2. The van der Waals surface area contributed by atoms with Crippen molar-refractivity contribution in [1.82, 2.24) is 25.1 Å². The van der Waals surface area contributed by atoms with Gasteiger partial charge in [0.1, 0.15) is 0 Å². The van der Waals surface area contributed by atoms with E-state index in [0.717, 1.165) is 50.5 Å². The minimum atomic E-state index is 0.793. The van der Waals surface area contributed by atoms with Crippen molar-refractivity contribution in [1.29, 1.82) is 0 Å². The van der Waals surface area contributed by atoms with Gasteiger partial charge >= 0.3 is 0 Å². The molecule has 0 amide bonds. The first-order valence-corrected chi connectivity index (χ1v) is 7.11. The Morgan fingerprint density at radius 1 is 1.35 bits per heavy atom. The Morgan fingerprint density at radius 2 is 2.25 bits per heavy atom. The van der Waals surface area contributed by atoms with Crippen molar-refractivity contribution >= 4 is 5.69 Å². The van der Waals surface area contributed by atoms with Crippen LogP contribution in [0.3, 0.4) is 0 Å². The number of hydrogen-bond acceptors (Lipinski definition) is 5. The summed E-state index contributed by atoms with van der Waals surface area (Å²) in [4.78, 5) is 2.37. The van der Waals surface area contributed by atoms with E-state index in [2.05, 4.69) is 33.4 Å². The molecule has 106 valence electrons. The van der Waals surface area contributed by atoms with Crippen molar-refractivity contribution < 1.29 is 0 Å². The smallest absolute Gasteiger partial charge is 0.165 e. The maximum atomic E-state index is 6.03. The first-order valence-electron chi connectivity index (χ1n) is 7.11. The summed E-state index contributed by atoms with van der Waals surface area (Å²) in [6.45, 7) is 5.71. The number of aryl methyl sites for hydroxylation is 1. The molecule has 2 N–H and O–H groups in total. The van der Waals surface area contributed by atoms with Gasteiger partial charge in [-0.25, -0.2) is 4.68 Å². The highest BCUT2D eigenvalue weighted by atomic mass is 15.5. The number of tetrazole rings is 1. The molecule has 0 spiro atoms. The quantitative estimate of drug-likeness (QED) is 0.847. The summed E-state index contributed by atoms with van der Waals surface area (Å²) in [5.74, 6) is 0.944. The van der Waals surface area contributed by atoms with Crippen molar-refractivity contribution in [2.45, 2.75) is 39.4 Å². The van der Waals surface area contributed by atoms with Gasteiger partial charge in [-0.15, -0.1) is 5.10 Å². The number of nitrogens with zero attached hydrogens (tertiary/aromatic N) is 5. The van der Waals surface area contributed by atoms with E-state index < -0.39 is 0 Å². The summed E-state index contributed by atoms with van der Waals surface area (Å²) in [6.07, 6.45) is 2.04. The van der Waals surface area contributed by atoms with Gasteiger partial charge in [0, 0.05) is 25.3 Å². The minimum absolute atomic E-state index is 0.793. The average Bonchev–Trinajstić information content (AvgIpc) is 2.87. The lowest BCUT2D eigenvalue weighted by Gasteiger charge is -2.28. The highest BCUT2D eigenvalue weighted by Crippen LogP contribution is 2.24. The molecule has 0 atom stereocenters. The Balaban J connectivity index is 1.73. The van der Waals surface area contributed by atoms with E-state index in [9.17, 15) is 0 Å². The first kappa shape index (κ1) is 13.1. The van der Waals surface area contributed by atoms with E-state index >= 15 is 0 Å². The van der Waals surface area contributed by atoms with Crippen LogP contribution in [0.4, 0.5) is 5.69 Å². The van der Waals surface area contributed by atoms with Crippen LogP contribution in [-0.2, 0) is 26.1 Å². The second-order valence-electron chi connectivity index (χ2n) is 5.26. The Morgan fingerprint density at radius 3 is 3.10 bits per heavy atom. The molecule has 6 heteroatoms. The molecule has 0 saturated heterocycles. The fourth-order valence-corrected chi connectivity index (χ4v) is 2.75. The van der Waals surface area contributed by atoms with Gasteiger partial charge in [0.05, 0.1) is 6.54 Å². The number of hydrogen-bond donors (Lipinski definition) is 1. The van der Waals surface area contributed by atoms with Gasteiger partial charge < -0.3 is 5.73 Å². The number of anilines is 1. The molecule has 1 aromatic carbocycles. The summed E-state index contributed by atoms with van der Waals surface area (Å²) in [5, 5.41) is 12.0. The molecular formula is C14H20N6. The molecule has 0 saturated carbocycles. The van der Waals surface area contributed by atoms with Gasteiger partial charge in [-0.3, -0.25) is 4.90 Å². The lowest BCUT2D eigenvalue weighted by Crippen LogP contribution is -2.31. The highest BCUT2D eigenvalue weighted by molar-refractivity contribution is 5.51. The van der Waals surface area contributed by atoms with Gasteiger partial charge in [-0.2, -0.15) is 0 Å². The maximum Gasteiger partial charge on any atom is 0.165 e. The van der Waals surface area contributed by atoms with Crippen LogP contribution in [-0.4, -0.2) is 31.7 Å². The van der Waals surface area contributed by atoms with E-state index in [0.29, 0.717) is 0 Å². The van der Waals surface area contributed by atoms with Crippen LogP contribution in [0.15, 0.2) is 18.2 Å². The van der Waals surface area contributed by atoms with Crippen LogP contribution in [0, 0.1) is 0 Å². The fraction of sp³-hybridized carbons (Fsp3) is 0.500. The van der Waals surface area contributed by atoms with Crippen LogP contribution in [0.5, 0.6) is 0 Å². The molecular weight excluding hydrogens is 252 g/mol. The van der Waals surface area contributed by atoms with E-state index in [4.69, 9.17) is 5.73 Å². The molecule has 1 aliphatic rings. The van der Waals surface area contributed by atoms with Gasteiger partial charge in [0.25, 0.3) is 0 Å². The average molecular weight is 272 g/mol. The zero-order valence-corrected chi connectivity index (χ0v) is 11.8. The summed E-state index contributed by atoms with van der Waals surface area (Å²) >= 11 is 0. The maximum absolute atomic E-state index is 6.03. The predicted octanol–water partition coefficient (Wildman–Crippen LogP) is 1.22.